The molecule has 0 spiro atoms. The van der Waals surface area contributed by atoms with Crippen molar-refractivity contribution in [3.8, 4) is 0 Å². The van der Waals surface area contributed by atoms with Gasteiger partial charge in [0.25, 0.3) is 0 Å². The van der Waals surface area contributed by atoms with Crippen molar-refractivity contribution in [3.63, 3.8) is 0 Å². The number of nitrogens with zero attached hydrogens (tertiary/aromatic N) is 1. The molecule has 0 bridgehead atoms. The standard InChI is InChI=1S/C10H17N3S/c1-7-13-6-10(14-7)9-2-3-12-5-8(9)4-11/h6,8-9,12H,2-5,11H2,1H3. The van der Waals surface area contributed by atoms with Gasteiger partial charge >= 0.3 is 0 Å². The summed E-state index contributed by atoms with van der Waals surface area (Å²) >= 11 is 1.82. The number of hydrogen-bond acceptors (Lipinski definition) is 4. The van der Waals surface area contributed by atoms with Crippen LogP contribution in [0.2, 0.25) is 0 Å². The van der Waals surface area contributed by atoms with Gasteiger partial charge in [-0.2, -0.15) is 0 Å². The lowest BCUT2D eigenvalue weighted by Crippen LogP contribution is -2.38. The van der Waals surface area contributed by atoms with Gasteiger partial charge in [0.05, 0.1) is 5.01 Å². The molecule has 2 unspecified atom stereocenters. The third-order valence-electron chi connectivity index (χ3n) is 2.92. The van der Waals surface area contributed by atoms with E-state index in [1.807, 2.05) is 17.5 Å². The first kappa shape index (κ1) is 10.1. The summed E-state index contributed by atoms with van der Waals surface area (Å²) in [5.74, 6) is 1.22. The van der Waals surface area contributed by atoms with Gasteiger partial charge in [0.15, 0.2) is 0 Å². The van der Waals surface area contributed by atoms with Crippen LogP contribution < -0.4 is 11.1 Å². The highest BCUT2D eigenvalue weighted by Gasteiger charge is 2.26. The smallest absolute Gasteiger partial charge is 0.0896 e. The number of nitrogens with one attached hydrogen (secondary N) is 1. The van der Waals surface area contributed by atoms with Crippen molar-refractivity contribution in [1.29, 1.82) is 0 Å². The minimum Gasteiger partial charge on any atom is -0.330 e. The maximum Gasteiger partial charge on any atom is 0.0896 e. The molecule has 0 saturated carbocycles. The summed E-state index contributed by atoms with van der Waals surface area (Å²) in [6, 6.07) is 0. The fourth-order valence-corrected chi connectivity index (χ4v) is 3.11. The highest BCUT2D eigenvalue weighted by Crippen LogP contribution is 2.32. The van der Waals surface area contributed by atoms with Gasteiger partial charge in [-0.1, -0.05) is 0 Å². The first-order chi connectivity index (χ1) is 6.81. The quantitative estimate of drug-likeness (QED) is 0.770. The molecule has 0 radical (unpaired) electrons. The predicted molar refractivity (Wildman–Crippen MR) is 59.6 cm³/mol. The molecule has 1 aliphatic rings. The maximum atomic E-state index is 5.78. The largest absolute Gasteiger partial charge is 0.330 e. The second-order valence-electron chi connectivity index (χ2n) is 3.88. The minimum atomic E-state index is 0.587. The van der Waals surface area contributed by atoms with Crippen LogP contribution in [-0.2, 0) is 0 Å². The van der Waals surface area contributed by atoms with Crippen molar-refractivity contribution in [1.82, 2.24) is 10.3 Å². The minimum absolute atomic E-state index is 0.587. The highest BCUT2D eigenvalue weighted by atomic mass is 32.1. The average molecular weight is 211 g/mol. The Bertz CT molecular complexity index is 297. The molecule has 0 amide bonds. The van der Waals surface area contributed by atoms with E-state index in [1.165, 1.54) is 11.3 Å². The average Bonchev–Trinajstić information content (AvgIpc) is 2.65. The van der Waals surface area contributed by atoms with Crippen molar-refractivity contribution < 1.29 is 0 Å². The Morgan fingerprint density at radius 1 is 1.71 bits per heavy atom. The SMILES string of the molecule is Cc1ncc(C2CCNCC2CN)s1. The molecule has 1 aliphatic heterocycles. The summed E-state index contributed by atoms with van der Waals surface area (Å²) in [4.78, 5) is 5.73. The molecular formula is C10H17N3S. The first-order valence-electron chi connectivity index (χ1n) is 5.14. The number of aryl methyl sites for hydroxylation is 1. The van der Waals surface area contributed by atoms with Gasteiger partial charge < -0.3 is 11.1 Å². The summed E-state index contributed by atoms with van der Waals surface area (Å²) in [6.45, 7) is 5.00. The number of hydrogen-bond donors (Lipinski definition) is 2. The van der Waals surface area contributed by atoms with Crippen molar-refractivity contribution >= 4 is 11.3 Å². The lowest BCUT2D eigenvalue weighted by Gasteiger charge is -2.30. The summed E-state index contributed by atoms with van der Waals surface area (Å²) in [6.07, 6.45) is 3.22. The molecule has 0 aromatic carbocycles. The maximum absolute atomic E-state index is 5.78. The van der Waals surface area contributed by atoms with Crippen LogP contribution in [0.25, 0.3) is 0 Å². The van der Waals surface area contributed by atoms with Crippen molar-refractivity contribution in [2.24, 2.45) is 11.7 Å². The molecular weight excluding hydrogens is 194 g/mol. The van der Waals surface area contributed by atoms with Crippen LogP contribution in [0.5, 0.6) is 0 Å². The van der Waals surface area contributed by atoms with Gasteiger partial charge in [0.1, 0.15) is 0 Å². The third kappa shape index (κ3) is 1.97. The molecule has 4 heteroatoms. The van der Waals surface area contributed by atoms with E-state index < -0.39 is 0 Å². The molecule has 1 saturated heterocycles. The molecule has 1 aromatic rings. The molecule has 3 nitrogen and oxygen atoms in total. The van der Waals surface area contributed by atoms with E-state index in [2.05, 4.69) is 17.2 Å². The van der Waals surface area contributed by atoms with Crippen LogP contribution in [-0.4, -0.2) is 24.6 Å². The van der Waals surface area contributed by atoms with Crippen LogP contribution >= 0.6 is 11.3 Å². The number of nitrogens with two attached hydrogens (primary N) is 1. The molecule has 2 heterocycles. The van der Waals surface area contributed by atoms with E-state index in [0.717, 1.165) is 24.6 Å². The number of rotatable bonds is 2. The fourth-order valence-electron chi connectivity index (χ4n) is 2.09. The van der Waals surface area contributed by atoms with Gasteiger partial charge in [-0.05, 0) is 38.9 Å². The monoisotopic (exact) mass is 211 g/mol. The Morgan fingerprint density at radius 2 is 2.57 bits per heavy atom. The molecule has 3 N–H and O–H groups in total. The van der Waals surface area contributed by atoms with E-state index in [4.69, 9.17) is 5.73 Å². The molecule has 2 atom stereocenters. The summed E-state index contributed by atoms with van der Waals surface area (Å²) in [7, 11) is 0. The Kier molecular flexibility index (Phi) is 3.15. The predicted octanol–water partition coefficient (Wildman–Crippen LogP) is 1.10. The Morgan fingerprint density at radius 3 is 3.21 bits per heavy atom. The van der Waals surface area contributed by atoms with Crippen molar-refractivity contribution in [2.45, 2.75) is 19.3 Å². The zero-order valence-corrected chi connectivity index (χ0v) is 9.31. The third-order valence-corrected chi connectivity index (χ3v) is 3.96. The number of aromatic nitrogens is 1. The first-order valence-corrected chi connectivity index (χ1v) is 5.96. The summed E-state index contributed by atoms with van der Waals surface area (Å²) in [5, 5.41) is 4.56. The highest BCUT2D eigenvalue weighted by molar-refractivity contribution is 7.11. The van der Waals surface area contributed by atoms with Crippen LogP contribution in [0.1, 0.15) is 22.2 Å². The van der Waals surface area contributed by atoms with Gasteiger partial charge in [-0.25, -0.2) is 4.98 Å². The number of piperidine rings is 1. The van der Waals surface area contributed by atoms with Crippen LogP contribution in [0.3, 0.4) is 0 Å². The fraction of sp³-hybridized carbons (Fsp3) is 0.700. The Hall–Kier alpha value is -0.450. The van der Waals surface area contributed by atoms with E-state index >= 15 is 0 Å². The van der Waals surface area contributed by atoms with E-state index in [9.17, 15) is 0 Å². The lowest BCUT2D eigenvalue weighted by atomic mass is 9.86. The van der Waals surface area contributed by atoms with Gasteiger partial charge in [0, 0.05) is 17.0 Å². The molecule has 1 aromatic heterocycles. The second-order valence-corrected chi connectivity index (χ2v) is 5.14. The zero-order valence-electron chi connectivity index (χ0n) is 8.49. The Balaban J connectivity index is 2.14. The molecule has 0 aliphatic carbocycles. The molecule has 2 rings (SSSR count). The van der Waals surface area contributed by atoms with Crippen molar-refractivity contribution in [2.75, 3.05) is 19.6 Å². The van der Waals surface area contributed by atoms with E-state index in [-0.39, 0.29) is 0 Å². The number of thiazole rings is 1. The second kappa shape index (κ2) is 4.38. The van der Waals surface area contributed by atoms with Gasteiger partial charge in [-0.15, -0.1) is 11.3 Å². The van der Waals surface area contributed by atoms with Crippen LogP contribution in [0.15, 0.2) is 6.20 Å². The topological polar surface area (TPSA) is 50.9 Å². The molecule has 1 fully saturated rings. The van der Waals surface area contributed by atoms with Crippen LogP contribution in [0.4, 0.5) is 0 Å². The van der Waals surface area contributed by atoms with E-state index in [1.54, 1.807) is 0 Å². The molecule has 14 heavy (non-hydrogen) atoms. The Labute approximate surface area is 88.7 Å². The van der Waals surface area contributed by atoms with Crippen LogP contribution in [0, 0.1) is 12.8 Å². The normalized spacial score (nSPS) is 27.9. The lowest BCUT2D eigenvalue weighted by molar-refractivity contribution is 0.336. The van der Waals surface area contributed by atoms with Crippen molar-refractivity contribution in [3.05, 3.63) is 16.1 Å². The van der Waals surface area contributed by atoms with Gasteiger partial charge in [-0.3, -0.25) is 0 Å². The zero-order chi connectivity index (χ0) is 9.97. The van der Waals surface area contributed by atoms with E-state index in [0.29, 0.717) is 11.8 Å². The van der Waals surface area contributed by atoms with Gasteiger partial charge in [0.2, 0.25) is 0 Å². The summed E-state index contributed by atoms with van der Waals surface area (Å²) < 4.78 is 0. The summed E-state index contributed by atoms with van der Waals surface area (Å²) in [5.41, 5.74) is 5.78. The molecule has 78 valence electrons.